The smallest absolute Gasteiger partial charge is 0.366 e. The molecule has 12 nitrogen and oxygen atoms in total. The zero-order valence-electron chi connectivity index (χ0n) is 22.2. The first-order valence-corrected chi connectivity index (χ1v) is 13.6. The number of hydrogen-bond donors (Lipinski definition) is 4. The summed E-state index contributed by atoms with van der Waals surface area (Å²) in [5.41, 5.74) is 14.0. The number of amides is 3. The fourth-order valence-corrected chi connectivity index (χ4v) is 6.70. The predicted octanol–water partition coefficient (Wildman–Crippen LogP) is 0.486. The summed E-state index contributed by atoms with van der Waals surface area (Å²) in [6.07, 6.45) is 3.05. The van der Waals surface area contributed by atoms with Gasteiger partial charge >= 0.3 is 5.76 Å². The number of nitriles is 1. The number of fused-ring (bicyclic) bond motifs is 3. The van der Waals surface area contributed by atoms with Crippen LogP contribution in [0.15, 0.2) is 45.7 Å². The molecule has 6 N–H and O–H groups in total. The Bertz CT molecular complexity index is 1600. The molecule has 2 fully saturated rings. The Kier molecular flexibility index (Phi) is 6.46. The van der Waals surface area contributed by atoms with E-state index in [4.69, 9.17) is 16.0 Å². The number of hydrogen-bond acceptors (Lipinski definition) is 8. The molecule has 210 valence electrons. The number of piperidine rings is 1. The van der Waals surface area contributed by atoms with Crippen molar-refractivity contribution in [2.45, 2.75) is 49.6 Å². The third-order valence-electron chi connectivity index (χ3n) is 8.70. The van der Waals surface area contributed by atoms with Gasteiger partial charge in [0.05, 0.1) is 18.0 Å². The number of carbonyl (C=O) groups excluding carboxylic acids is 3. The predicted molar refractivity (Wildman–Crippen MR) is 145 cm³/mol. The van der Waals surface area contributed by atoms with Crippen LogP contribution in [0.3, 0.4) is 0 Å². The fourth-order valence-electron chi connectivity index (χ4n) is 6.70. The van der Waals surface area contributed by atoms with E-state index in [0.29, 0.717) is 42.9 Å². The molecule has 3 aliphatic rings. The number of nitrogens with two attached hydrogens (primary N) is 2. The molecule has 2 heterocycles. The highest BCUT2D eigenvalue weighted by Gasteiger charge is 2.54. The van der Waals surface area contributed by atoms with Crippen LogP contribution in [0.1, 0.15) is 68.1 Å². The molecule has 1 aliphatic heterocycles. The topological polar surface area (TPSA) is 201 Å². The number of primary amides is 2. The quantitative estimate of drug-likeness (QED) is 0.287. The minimum absolute atomic E-state index is 0.0494. The van der Waals surface area contributed by atoms with E-state index in [2.05, 4.69) is 21.5 Å². The van der Waals surface area contributed by atoms with Crippen molar-refractivity contribution in [3.05, 3.63) is 86.2 Å². The number of likely N-dealkylation sites (tertiary alicyclic amines) is 1. The van der Waals surface area contributed by atoms with Gasteiger partial charge in [-0.15, -0.1) is 0 Å². The molecule has 3 atom stereocenters. The van der Waals surface area contributed by atoms with Gasteiger partial charge in [-0.3, -0.25) is 14.4 Å². The van der Waals surface area contributed by atoms with Gasteiger partial charge in [0.25, 0.3) is 0 Å². The molecular formula is C29H29N7O5. The number of rotatable bonds is 8. The van der Waals surface area contributed by atoms with Crippen molar-refractivity contribution in [2.75, 3.05) is 13.1 Å². The van der Waals surface area contributed by atoms with Gasteiger partial charge in [0.15, 0.2) is 5.82 Å². The summed E-state index contributed by atoms with van der Waals surface area (Å²) in [6.45, 7) is 0.377. The molecule has 1 unspecified atom stereocenters. The van der Waals surface area contributed by atoms with E-state index in [-0.39, 0.29) is 30.4 Å². The third-order valence-corrected chi connectivity index (χ3v) is 8.70. The zero-order valence-corrected chi connectivity index (χ0v) is 22.2. The lowest BCUT2D eigenvalue weighted by atomic mass is 9.69. The van der Waals surface area contributed by atoms with E-state index in [1.807, 2.05) is 0 Å². The molecule has 1 saturated heterocycles. The number of nitrogens with zero attached hydrogens (tertiary/aromatic N) is 3. The van der Waals surface area contributed by atoms with E-state index >= 15 is 0 Å². The van der Waals surface area contributed by atoms with Crippen molar-refractivity contribution in [1.82, 2.24) is 20.4 Å². The molecule has 0 bridgehead atoms. The van der Waals surface area contributed by atoms with E-state index in [1.54, 1.807) is 41.3 Å². The number of aryl methyl sites for hydroxylation is 2. The number of H-pyrrole nitrogens is 1. The van der Waals surface area contributed by atoms with Gasteiger partial charge in [-0.25, -0.2) is 9.95 Å². The highest BCUT2D eigenvalue weighted by atomic mass is 16.5. The summed E-state index contributed by atoms with van der Waals surface area (Å²) < 4.78 is 5.04. The largest absolute Gasteiger partial charge is 0.459 e. The Morgan fingerprint density at radius 1 is 1.07 bits per heavy atom. The van der Waals surface area contributed by atoms with Gasteiger partial charge in [0.2, 0.25) is 17.7 Å². The molecular weight excluding hydrogens is 526 g/mol. The van der Waals surface area contributed by atoms with Crippen LogP contribution in [0.5, 0.6) is 0 Å². The van der Waals surface area contributed by atoms with Crippen molar-refractivity contribution in [1.29, 1.82) is 5.26 Å². The second kappa shape index (κ2) is 10.0. The first-order chi connectivity index (χ1) is 19.7. The molecule has 12 heteroatoms. The maximum absolute atomic E-state index is 13.1. The Morgan fingerprint density at radius 2 is 1.71 bits per heavy atom. The van der Waals surface area contributed by atoms with Crippen LogP contribution < -0.4 is 22.5 Å². The Balaban J connectivity index is 1.39. The summed E-state index contributed by atoms with van der Waals surface area (Å²) >= 11 is 0. The van der Waals surface area contributed by atoms with Crippen LogP contribution in [-0.2, 0) is 23.1 Å². The van der Waals surface area contributed by atoms with Crippen LogP contribution in [-0.4, -0.2) is 57.9 Å². The highest BCUT2D eigenvalue weighted by Crippen LogP contribution is 2.48. The van der Waals surface area contributed by atoms with E-state index in [0.717, 1.165) is 35.1 Å². The molecule has 1 aromatic heterocycles. The molecule has 2 aromatic carbocycles. The Hall–Kier alpha value is -4.76. The lowest BCUT2D eigenvalue weighted by molar-refractivity contribution is -0.131. The van der Waals surface area contributed by atoms with Crippen molar-refractivity contribution in [3.8, 4) is 6.07 Å². The van der Waals surface area contributed by atoms with Crippen LogP contribution in [0.4, 0.5) is 0 Å². The van der Waals surface area contributed by atoms with Crippen LogP contribution >= 0.6 is 0 Å². The molecule has 2 aliphatic carbocycles. The minimum Gasteiger partial charge on any atom is -0.366 e. The summed E-state index contributed by atoms with van der Waals surface area (Å²) in [5.74, 6) is -1.38. The summed E-state index contributed by atoms with van der Waals surface area (Å²) in [7, 11) is 0. The molecule has 0 spiro atoms. The van der Waals surface area contributed by atoms with E-state index in [9.17, 15) is 24.4 Å². The maximum Gasteiger partial charge on any atom is 0.459 e. The van der Waals surface area contributed by atoms with Crippen LogP contribution in [0.2, 0.25) is 0 Å². The SMILES string of the molecule is N#CC1C[C@@H]2C[C@@H]2N1C(=O)CNCCC1(c2nc(=O)o[nH]2)c2ccc(C(N)=O)cc2CCc2cc(C(N)=O)ccc21. The first kappa shape index (κ1) is 26.5. The van der Waals surface area contributed by atoms with E-state index < -0.39 is 23.0 Å². The zero-order chi connectivity index (χ0) is 28.9. The number of aromatic nitrogens is 2. The first-order valence-electron chi connectivity index (χ1n) is 13.6. The van der Waals surface area contributed by atoms with Crippen molar-refractivity contribution >= 4 is 17.7 Å². The second-order valence-corrected chi connectivity index (χ2v) is 11.0. The number of benzene rings is 2. The van der Waals surface area contributed by atoms with Gasteiger partial charge in [0, 0.05) is 17.2 Å². The Labute approximate surface area is 234 Å². The second-order valence-electron chi connectivity index (χ2n) is 11.0. The van der Waals surface area contributed by atoms with Gasteiger partial charge in [-0.1, -0.05) is 12.1 Å². The Morgan fingerprint density at radius 3 is 2.24 bits per heavy atom. The average Bonchev–Trinajstić information content (AvgIpc) is 3.45. The van der Waals surface area contributed by atoms with Gasteiger partial charge in [-0.05, 0) is 91.1 Å². The van der Waals surface area contributed by atoms with Crippen molar-refractivity contribution in [2.24, 2.45) is 17.4 Å². The maximum atomic E-state index is 13.1. The fraction of sp³-hybridized carbons (Fsp3) is 0.379. The number of carbonyl (C=O) groups is 3. The third kappa shape index (κ3) is 4.48. The highest BCUT2D eigenvalue weighted by molar-refractivity contribution is 5.94. The summed E-state index contributed by atoms with van der Waals surface area (Å²) in [6, 6.07) is 12.4. The number of aromatic amines is 1. The van der Waals surface area contributed by atoms with Gasteiger partial charge in [-0.2, -0.15) is 10.2 Å². The summed E-state index contributed by atoms with van der Waals surface area (Å²) in [4.78, 5) is 55.2. The molecule has 1 saturated carbocycles. The van der Waals surface area contributed by atoms with Crippen LogP contribution in [0.25, 0.3) is 0 Å². The molecule has 3 amide bonds. The lowest BCUT2D eigenvalue weighted by Crippen LogP contribution is -2.44. The van der Waals surface area contributed by atoms with Gasteiger partial charge < -0.3 is 26.2 Å². The molecule has 0 radical (unpaired) electrons. The molecule has 41 heavy (non-hydrogen) atoms. The normalized spacial score (nSPS) is 21.6. The number of nitrogens with one attached hydrogen (secondary N) is 2. The lowest BCUT2D eigenvalue weighted by Gasteiger charge is -2.34. The minimum atomic E-state index is -1.07. The van der Waals surface area contributed by atoms with E-state index in [1.165, 1.54) is 0 Å². The standard InChI is InChI=1S/C29H29N7O5/c30-13-20-11-19-12-23(19)36(20)24(37)14-33-8-7-29(27-34-28(40)41-35-27)21-5-3-17(25(31)38)9-15(21)1-2-16-10-18(26(32)39)4-6-22(16)29/h3-6,9-10,19-20,23,33H,1-2,7-8,11-12,14H2,(H2,31,38)(H2,32,39)(H,34,35,40)/t19-,20?,23+/m1/s1. The van der Waals surface area contributed by atoms with Gasteiger partial charge in [0.1, 0.15) is 6.04 Å². The molecule has 6 rings (SSSR count). The van der Waals surface area contributed by atoms with Crippen molar-refractivity contribution in [3.63, 3.8) is 0 Å². The molecule has 3 aromatic rings. The van der Waals surface area contributed by atoms with Crippen molar-refractivity contribution < 1.29 is 18.9 Å². The average molecular weight is 556 g/mol. The van der Waals surface area contributed by atoms with Crippen LogP contribution in [0, 0.1) is 17.2 Å². The monoisotopic (exact) mass is 555 g/mol. The summed E-state index contributed by atoms with van der Waals surface area (Å²) in [5, 5.41) is 15.4.